The molecule has 4 heteroatoms. The van der Waals surface area contributed by atoms with Gasteiger partial charge in [0.2, 0.25) is 0 Å². The van der Waals surface area contributed by atoms with Gasteiger partial charge in [-0.25, -0.2) is 9.80 Å². The van der Waals surface area contributed by atoms with Crippen molar-refractivity contribution in [3.8, 4) is 0 Å². The monoisotopic (exact) mass is 212 g/mol. The average molecular weight is 212 g/mol. The Morgan fingerprint density at radius 2 is 2.00 bits per heavy atom. The molecular weight excluding hydrogens is 192 g/mol. The Hall–Kier alpha value is -0.770. The lowest BCUT2D eigenvalue weighted by Gasteiger charge is -2.23. The third-order valence-corrected chi connectivity index (χ3v) is 3.04. The highest BCUT2D eigenvalue weighted by Gasteiger charge is 2.48. The largest absolute Gasteiger partial charge is 0.443 e. The molecule has 0 atom stereocenters. The van der Waals surface area contributed by atoms with Gasteiger partial charge >= 0.3 is 6.09 Å². The van der Waals surface area contributed by atoms with Gasteiger partial charge in [0, 0.05) is 13.1 Å². The summed E-state index contributed by atoms with van der Waals surface area (Å²) in [4.78, 5) is 11.5. The zero-order valence-electron chi connectivity index (χ0n) is 9.80. The summed E-state index contributed by atoms with van der Waals surface area (Å²) in [5.41, 5.74) is 2.92. The van der Waals surface area contributed by atoms with E-state index in [1.165, 1.54) is 19.3 Å². The molecule has 0 aromatic carbocycles. The summed E-state index contributed by atoms with van der Waals surface area (Å²) in [5, 5.41) is 1.99. The Morgan fingerprint density at radius 1 is 1.33 bits per heavy atom. The van der Waals surface area contributed by atoms with Crippen molar-refractivity contribution in [1.82, 2.24) is 10.4 Å². The molecule has 2 fully saturated rings. The van der Waals surface area contributed by atoms with Crippen molar-refractivity contribution in [3.05, 3.63) is 0 Å². The van der Waals surface area contributed by atoms with Crippen LogP contribution in [0.3, 0.4) is 0 Å². The molecule has 0 bridgehead atoms. The van der Waals surface area contributed by atoms with Crippen LogP contribution >= 0.6 is 0 Å². The molecule has 1 saturated heterocycles. The summed E-state index contributed by atoms with van der Waals surface area (Å²) in [6.07, 6.45) is 3.52. The number of hydrazine groups is 1. The lowest BCUT2D eigenvalue weighted by atomic mass is 10.1. The molecule has 4 nitrogen and oxygen atoms in total. The molecule has 0 aromatic heterocycles. The molecule has 1 aliphatic heterocycles. The number of carbonyl (C=O) groups is 1. The first-order chi connectivity index (χ1) is 6.89. The highest BCUT2D eigenvalue weighted by molar-refractivity contribution is 5.67. The highest BCUT2D eigenvalue weighted by Crippen LogP contribution is 2.52. The number of ether oxygens (including phenoxy) is 1. The van der Waals surface area contributed by atoms with Crippen molar-refractivity contribution < 1.29 is 9.53 Å². The molecule has 1 heterocycles. The summed E-state index contributed by atoms with van der Waals surface area (Å²) < 4.78 is 5.20. The number of nitrogens with zero attached hydrogens (tertiary/aromatic N) is 1. The lowest BCUT2D eigenvalue weighted by Crippen LogP contribution is -2.43. The quantitative estimate of drug-likeness (QED) is 0.722. The minimum Gasteiger partial charge on any atom is -0.443 e. The molecule has 1 spiro atoms. The second-order valence-corrected chi connectivity index (χ2v) is 5.79. The predicted molar refractivity (Wildman–Crippen MR) is 57.2 cm³/mol. The van der Waals surface area contributed by atoms with E-state index in [9.17, 15) is 4.79 Å². The Labute approximate surface area is 90.9 Å². The topological polar surface area (TPSA) is 41.6 Å². The minimum absolute atomic E-state index is 0.333. The Bertz CT molecular complexity index is 266. The van der Waals surface area contributed by atoms with Crippen molar-refractivity contribution in [2.75, 3.05) is 13.1 Å². The number of nitrogens with one attached hydrogen (secondary N) is 1. The van der Waals surface area contributed by atoms with Crippen molar-refractivity contribution >= 4 is 6.09 Å². The normalized spacial score (nSPS) is 24.2. The zero-order valence-corrected chi connectivity index (χ0v) is 9.80. The third-order valence-electron chi connectivity index (χ3n) is 3.04. The van der Waals surface area contributed by atoms with Crippen LogP contribution in [0.4, 0.5) is 4.79 Å². The SMILES string of the molecule is CC(C)(C)OC(=O)NN1CCC2(CC2)C1. The predicted octanol–water partition coefficient (Wildman–Crippen LogP) is 1.91. The van der Waals surface area contributed by atoms with Crippen LogP contribution < -0.4 is 5.43 Å². The molecule has 86 valence electrons. The van der Waals surface area contributed by atoms with Crippen molar-refractivity contribution in [2.24, 2.45) is 5.41 Å². The molecule has 0 unspecified atom stereocenters. The van der Waals surface area contributed by atoms with Gasteiger partial charge < -0.3 is 4.74 Å². The maximum atomic E-state index is 11.5. The van der Waals surface area contributed by atoms with Gasteiger partial charge in [0.25, 0.3) is 0 Å². The first kappa shape index (κ1) is 10.7. The third kappa shape index (κ3) is 2.84. The van der Waals surface area contributed by atoms with Crippen LogP contribution in [0, 0.1) is 5.41 Å². The van der Waals surface area contributed by atoms with E-state index in [4.69, 9.17) is 4.74 Å². The van der Waals surface area contributed by atoms with E-state index < -0.39 is 5.60 Å². The van der Waals surface area contributed by atoms with Crippen molar-refractivity contribution in [3.63, 3.8) is 0 Å². The van der Waals surface area contributed by atoms with E-state index >= 15 is 0 Å². The molecular formula is C11H20N2O2. The highest BCUT2D eigenvalue weighted by atomic mass is 16.6. The first-order valence-electron chi connectivity index (χ1n) is 5.63. The maximum absolute atomic E-state index is 11.5. The number of hydrogen-bond acceptors (Lipinski definition) is 3. The maximum Gasteiger partial charge on any atom is 0.422 e. The van der Waals surface area contributed by atoms with Gasteiger partial charge in [0.1, 0.15) is 5.60 Å². The Morgan fingerprint density at radius 3 is 2.47 bits per heavy atom. The van der Waals surface area contributed by atoms with E-state index in [0.29, 0.717) is 5.41 Å². The fourth-order valence-electron chi connectivity index (χ4n) is 2.05. The van der Waals surface area contributed by atoms with Gasteiger partial charge in [0.15, 0.2) is 0 Å². The second kappa shape index (κ2) is 3.37. The molecule has 1 N–H and O–H groups in total. The van der Waals surface area contributed by atoms with Crippen LogP contribution in [-0.4, -0.2) is 29.8 Å². The molecule has 0 radical (unpaired) electrons. The molecule has 15 heavy (non-hydrogen) atoms. The van der Waals surface area contributed by atoms with Crippen LogP contribution in [0.1, 0.15) is 40.0 Å². The summed E-state index contributed by atoms with van der Waals surface area (Å²) in [6, 6.07) is 0. The number of hydrogen-bond donors (Lipinski definition) is 1. The van der Waals surface area contributed by atoms with Crippen LogP contribution in [0.25, 0.3) is 0 Å². The van der Waals surface area contributed by atoms with Gasteiger partial charge in [-0.1, -0.05) is 0 Å². The Balaban J connectivity index is 1.75. The summed E-state index contributed by atoms with van der Waals surface area (Å²) in [7, 11) is 0. The molecule has 0 aromatic rings. The smallest absolute Gasteiger partial charge is 0.422 e. The fourth-order valence-corrected chi connectivity index (χ4v) is 2.05. The number of amides is 1. The van der Waals surface area contributed by atoms with Gasteiger partial charge in [0.05, 0.1) is 0 Å². The van der Waals surface area contributed by atoms with E-state index in [0.717, 1.165) is 13.1 Å². The van der Waals surface area contributed by atoms with Crippen LogP contribution in [0.5, 0.6) is 0 Å². The summed E-state index contributed by atoms with van der Waals surface area (Å²) >= 11 is 0. The van der Waals surface area contributed by atoms with Gasteiger partial charge in [-0.3, -0.25) is 5.43 Å². The summed E-state index contributed by atoms with van der Waals surface area (Å²) in [5.74, 6) is 0. The zero-order chi connectivity index (χ0) is 11.1. The standard InChI is InChI=1S/C11H20N2O2/c1-10(2,3)15-9(14)12-13-7-6-11(8-13)4-5-11/h4-8H2,1-3H3,(H,12,14). The summed E-state index contributed by atoms with van der Waals surface area (Å²) in [6.45, 7) is 7.57. The van der Waals surface area contributed by atoms with E-state index in [1.807, 2.05) is 25.8 Å². The van der Waals surface area contributed by atoms with E-state index in [1.54, 1.807) is 0 Å². The van der Waals surface area contributed by atoms with Crippen molar-refractivity contribution in [2.45, 2.75) is 45.6 Å². The molecule has 1 saturated carbocycles. The van der Waals surface area contributed by atoms with E-state index in [-0.39, 0.29) is 6.09 Å². The molecule has 2 rings (SSSR count). The van der Waals surface area contributed by atoms with Crippen LogP contribution in [-0.2, 0) is 4.74 Å². The Kier molecular flexibility index (Phi) is 2.41. The lowest BCUT2D eigenvalue weighted by molar-refractivity contribution is 0.0359. The average Bonchev–Trinajstić information content (AvgIpc) is 2.65. The van der Waals surface area contributed by atoms with Gasteiger partial charge in [-0.15, -0.1) is 0 Å². The van der Waals surface area contributed by atoms with Crippen LogP contribution in [0.2, 0.25) is 0 Å². The first-order valence-corrected chi connectivity index (χ1v) is 5.63. The number of carbonyl (C=O) groups excluding carboxylic acids is 1. The minimum atomic E-state index is -0.416. The van der Waals surface area contributed by atoms with Crippen LogP contribution in [0.15, 0.2) is 0 Å². The molecule has 2 aliphatic rings. The van der Waals surface area contributed by atoms with Gasteiger partial charge in [-0.2, -0.15) is 0 Å². The molecule has 1 amide bonds. The fraction of sp³-hybridized carbons (Fsp3) is 0.909. The van der Waals surface area contributed by atoms with Gasteiger partial charge in [-0.05, 0) is 45.4 Å². The van der Waals surface area contributed by atoms with Crippen molar-refractivity contribution in [1.29, 1.82) is 0 Å². The van der Waals surface area contributed by atoms with E-state index in [2.05, 4.69) is 5.43 Å². The second-order valence-electron chi connectivity index (χ2n) is 5.79. The number of rotatable bonds is 1. The molecule has 1 aliphatic carbocycles.